The number of hydrogen-bond donors (Lipinski definition) is 1. The zero-order chi connectivity index (χ0) is 14.8. The molecule has 1 aliphatic heterocycles. The number of carbonyl (C=O) groups excluding carboxylic acids is 1. The van der Waals surface area contributed by atoms with Crippen LogP contribution in [0.2, 0.25) is 10.0 Å². The second-order valence-electron chi connectivity index (χ2n) is 6.11. The van der Waals surface area contributed by atoms with Crippen LogP contribution in [0.25, 0.3) is 0 Å². The molecule has 0 spiro atoms. The third kappa shape index (κ3) is 3.91. The Morgan fingerprint density at radius 1 is 1.24 bits per heavy atom. The summed E-state index contributed by atoms with van der Waals surface area (Å²) in [5.41, 5.74) is 1.00. The van der Waals surface area contributed by atoms with Gasteiger partial charge in [-0.05, 0) is 43.9 Å². The van der Waals surface area contributed by atoms with Crippen LogP contribution in [-0.4, -0.2) is 30.4 Å². The Morgan fingerprint density at radius 2 is 1.95 bits per heavy atom. The van der Waals surface area contributed by atoms with Crippen molar-refractivity contribution in [3.8, 4) is 0 Å². The first-order valence-corrected chi connectivity index (χ1v) is 8.32. The van der Waals surface area contributed by atoms with E-state index in [1.54, 1.807) is 0 Å². The molecule has 0 aromatic heterocycles. The van der Waals surface area contributed by atoms with Crippen LogP contribution in [0.15, 0.2) is 18.2 Å². The van der Waals surface area contributed by atoms with Crippen molar-refractivity contribution in [2.75, 3.05) is 19.6 Å². The van der Waals surface area contributed by atoms with Gasteiger partial charge < -0.3 is 5.32 Å². The number of rotatable bonds is 5. The molecule has 2 aliphatic rings. The molecule has 1 aromatic carbocycles. The van der Waals surface area contributed by atoms with Crippen LogP contribution in [0, 0.1) is 11.8 Å². The number of halogens is 2. The molecular weight excluding hydrogens is 307 g/mol. The lowest BCUT2D eigenvalue weighted by atomic mass is 10.1. The molecule has 1 saturated carbocycles. The van der Waals surface area contributed by atoms with Crippen molar-refractivity contribution in [1.82, 2.24) is 10.2 Å². The Labute approximate surface area is 135 Å². The van der Waals surface area contributed by atoms with E-state index in [1.165, 1.54) is 0 Å². The minimum Gasteiger partial charge on any atom is -0.356 e. The van der Waals surface area contributed by atoms with Crippen LogP contribution < -0.4 is 5.32 Å². The Morgan fingerprint density at radius 3 is 2.62 bits per heavy atom. The molecule has 1 saturated heterocycles. The largest absolute Gasteiger partial charge is 0.356 e. The van der Waals surface area contributed by atoms with Crippen molar-refractivity contribution >= 4 is 29.1 Å². The first kappa shape index (κ1) is 15.1. The lowest BCUT2D eigenvalue weighted by Crippen LogP contribution is -2.31. The SMILES string of the molecule is O=C(NC[C@@H]1CCN(Cc2c(Cl)cccc2Cl)C1)C1CC1. The van der Waals surface area contributed by atoms with Crippen LogP contribution in [0.4, 0.5) is 0 Å². The van der Waals surface area contributed by atoms with E-state index >= 15 is 0 Å². The molecular formula is C16H20Cl2N2O. The summed E-state index contributed by atoms with van der Waals surface area (Å²) >= 11 is 12.4. The molecule has 1 aliphatic carbocycles. The second kappa shape index (κ2) is 6.55. The van der Waals surface area contributed by atoms with E-state index in [0.29, 0.717) is 11.8 Å². The van der Waals surface area contributed by atoms with E-state index in [2.05, 4.69) is 10.2 Å². The minimum absolute atomic E-state index is 0.239. The van der Waals surface area contributed by atoms with E-state index in [4.69, 9.17) is 23.2 Å². The van der Waals surface area contributed by atoms with Gasteiger partial charge in [-0.25, -0.2) is 0 Å². The Hall–Kier alpha value is -0.770. The molecule has 1 N–H and O–H groups in total. The first-order chi connectivity index (χ1) is 10.1. The van der Waals surface area contributed by atoms with E-state index in [-0.39, 0.29) is 5.91 Å². The summed E-state index contributed by atoms with van der Waals surface area (Å²) in [6.45, 7) is 3.60. The number of amides is 1. The fourth-order valence-electron chi connectivity index (χ4n) is 2.86. The van der Waals surface area contributed by atoms with E-state index in [1.807, 2.05) is 18.2 Å². The number of nitrogens with one attached hydrogen (secondary N) is 1. The number of nitrogens with zero attached hydrogens (tertiary/aromatic N) is 1. The third-order valence-electron chi connectivity index (χ3n) is 4.33. The van der Waals surface area contributed by atoms with Crippen molar-refractivity contribution in [2.24, 2.45) is 11.8 Å². The summed E-state index contributed by atoms with van der Waals surface area (Å²) in [4.78, 5) is 14.0. The predicted molar refractivity (Wildman–Crippen MR) is 85.6 cm³/mol. The van der Waals surface area contributed by atoms with Crippen LogP contribution in [0.5, 0.6) is 0 Å². The van der Waals surface area contributed by atoms with Gasteiger partial charge in [-0.2, -0.15) is 0 Å². The van der Waals surface area contributed by atoms with Gasteiger partial charge in [-0.1, -0.05) is 29.3 Å². The van der Waals surface area contributed by atoms with Gasteiger partial charge in [-0.15, -0.1) is 0 Å². The van der Waals surface area contributed by atoms with Gasteiger partial charge in [0.2, 0.25) is 5.91 Å². The van der Waals surface area contributed by atoms with Crippen LogP contribution in [0.1, 0.15) is 24.8 Å². The van der Waals surface area contributed by atoms with Gasteiger partial charge in [0, 0.05) is 41.2 Å². The lowest BCUT2D eigenvalue weighted by Gasteiger charge is -2.18. The molecule has 1 aromatic rings. The van der Waals surface area contributed by atoms with E-state index < -0.39 is 0 Å². The molecule has 1 amide bonds. The van der Waals surface area contributed by atoms with Crippen molar-refractivity contribution in [1.29, 1.82) is 0 Å². The summed E-state index contributed by atoms with van der Waals surface area (Å²) in [5.74, 6) is 1.07. The second-order valence-corrected chi connectivity index (χ2v) is 6.92. The highest BCUT2D eigenvalue weighted by atomic mass is 35.5. The Kier molecular flexibility index (Phi) is 4.72. The first-order valence-electron chi connectivity index (χ1n) is 7.56. The zero-order valence-electron chi connectivity index (χ0n) is 11.9. The molecule has 3 nitrogen and oxygen atoms in total. The summed E-state index contributed by atoms with van der Waals surface area (Å²) in [6.07, 6.45) is 3.24. The zero-order valence-corrected chi connectivity index (χ0v) is 13.5. The molecule has 2 fully saturated rings. The lowest BCUT2D eigenvalue weighted by molar-refractivity contribution is -0.122. The van der Waals surface area contributed by atoms with Crippen molar-refractivity contribution in [3.63, 3.8) is 0 Å². The van der Waals surface area contributed by atoms with Gasteiger partial charge in [0.05, 0.1) is 0 Å². The highest BCUT2D eigenvalue weighted by molar-refractivity contribution is 6.35. The van der Waals surface area contributed by atoms with Crippen molar-refractivity contribution in [2.45, 2.75) is 25.8 Å². The van der Waals surface area contributed by atoms with E-state index in [0.717, 1.165) is 61.1 Å². The summed E-state index contributed by atoms with van der Waals surface area (Å²) < 4.78 is 0. The fourth-order valence-corrected chi connectivity index (χ4v) is 3.38. The molecule has 114 valence electrons. The summed E-state index contributed by atoms with van der Waals surface area (Å²) in [7, 11) is 0. The Bertz CT molecular complexity index is 511. The maximum absolute atomic E-state index is 11.7. The molecule has 0 bridgehead atoms. The summed E-state index contributed by atoms with van der Waals surface area (Å²) in [5, 5.41) is 4.54. The maximum Gasteiger partial charge on any atom is 0.223 e. The van der Waals surface area contributed by atoms with Gasteiger partial charge in [0.1, 0.15) is 0 Å². The highest BCUT2D eigenvalue weighted by Gasteiger charge is 2.30. The monoisotopic (exact) mass is 326 g/mol. The molecule has 5 heteroatoms. The van der Waals surface area contributed by atoms with Gasteiger partial charge in [0.15, 0.2) is 0 Å². The molecule has 1 heterocycles. The van der Waals surface area contributed by atoms with Crippen molar-refractivity contribution < 1.29 is 4.79 Å². The number of hydrogen-bond acceptors (Lipinski definition) is 2. The Balaban J connectivity index is 1.49. The quantitative estimate of drug-likeness (QED) is 0.900. The van der Waals surface area contributed by atoms with Crippen molar-refractivity contribution in [3.05, 3.63) is 33.8 Å². The fraction of sp³-hybridized carbons (Fsp3) is 0.562. The number of likely N-dealkylation sites (tertiary alicyclic amines) is 1. The molecule has 21 heavy (non-hydrogen) atoms. The molecule has 0 unspecified atom stereocenters. The smallest absolute Gasteiger partial charge is 0.223 e. The maximum atomic E-state index is 11.7. The molecule has 1 atom stereocenters. The van der Waals surface area contributed by atoms with Gasteiger partial charge in [-0.3, -0.25) is 9.69 Å². The van der Waals surface area contributed by atoms with Crippen LogP contribution >= 0.6 is 23.2 Å². The minimum atomic E-state index is 0.239. The number of benzene rings is 1. The van der Waals surface area contributed by atoms with Crippen LogP contribution in [-0.2, 0) is 11.3 Å². The standard InChI is InChI=1S/C16H20Cl2N2O/c17-14-2-1-3-15(18)13(14)10-20-7-6-11(9-20)8-19-16(21)12-4-5-12/h1-3,11-12H,4-10H2,(H,19,21)/t11-/m0/s1. The van der Waals surface area contributed by atoms with Gasteiger partial charge >= 0.3 is 0 Å². The van der Waals surface area contributed by atoms with Crippen LogP contribution in [0.3, 0.4) is 0 Å². The average Bonchev–Trinajstić information content (AvgIpc) is 3.21. The normalized spacial score (nSPS) is 22.5. The topological polar surface area (TPSA) is 32.3 Å². The summed E-state index contributed by atoms with van der Waals surface area (Å²) in [6, 6.07) is 5.63. The molecule has 3 rings (SSSR count). The third-order valence-corrected chi connectivity index (χ3v) is 5.03. The number of carbonyl (C=O) groups is 1. The predicted octanol–water partition coefficient (Wildman–Crippen LogP) is 3.34. The highest BCUT2D eigenvalue weighted by Crippen LogP contribution is 2.30. The van der Waals surface area contributed by atoms with E-state index in [9.17, 15) is 4.79 Å². The average molecular weight is 327 g/mol. The van der Waals surface area contributed by atoms with Gasteiger partial charge in [0.25, 0.3) is 0 Å². The molecule has 0 radical (unpaired) electrons.